The second-order valence-electron chi connectivity index (χ2n) is 2.65. The predicted molar refractivity (Wildman–Crippen MR) is 57.7 cm³/mol. The molecule has 0 saturated carbocycles. The molecule has 16 heavy (non-hydrogen) atoms. The third-order valence-electron chi connectivity index (χ3n) is 1.71. The monoisotopic (exact) mass is 242 g/mol. The minimum atomic E-state index is -4.05. The van der Waals surface area contributed by atoms with Crippen molar-refractivity contribution in [2.75, 3.05) is 0 Å². The van der Waals surface area contributed by atoms with Gasteiger partial charge in [0.15, 0.2) is 0 Å². The van der Waals surface area contributed by atoms with E-state index in [1.54, 1.807) is 11.6 Å². The van der Waals surface area contributed by atoms with Crippen LogP contribution >= 0.6 is 0 Å². The molecular formula is C8H10N4O3S. The highest BCUT2D eigenvalue weighted by atomic mass is 32.2. The molecule has 0 bridgehead atoms. The zero-order valence-electron chi connectivity index (χ0n) is 8.20. The van der Waals surface area contributed by atoms with Crippen molar-refractivity contribution in [1.29, 1.82) is 0 Å². The lowest BCUT2D eigenvalue weighted by Crippen LogP contribution is -2.49. The number of sulfonamides is 1. The number of nitrogens with zero attached hydrogens (tertiary/aromatic N) is 2. The van der Waals surface area contributed by atoms with Crippen LogP contribution in [0.5, 0.6) is 0 Å². The number of carbonyl (C=O) groups is 1. The Morgan fingerprint density at radius 3 is 2.38 bits per heavy atom. The molecule has 0 unspecified atom stereocenters. The van der Waals surface area contributed by atoms with Gasteiger partial charge in [0.2, 0.25) is 0 Å². The number of hydrogen-bond donors (Lipinski definition) is 2. The normalized spacial score (nSPS) is 10.8. The van der Waals surface area contributed by atoms with E-state index in [-0.39, 0.29) is 9.31 Å². The largest absolute Gasteiger partial charge is 0.372 e. The summed E-state index contributed by atoms with van der Waals surface area (Å²) >= 11 is 0. The summed E-state index contributed by atoms with van der Waals surface area (Å²) in [4.78, 5) is 14.0. The first kappa shape index (κ1) is 12.3. The van der Waals surface area contributed by atoms with Crippen LogP contribution < -0.4 is 11.4 Å². The highest BCUT2D eigenvalue weighted by molar-refractivity contribution is 7.89. The van der Waals surface area contributed by atoms with Crippen LogP contribution in [0.3, 0.4) is 0 Å². The van der Waals surface area contributed by atoms with Gasteiger partial charge in [0.25, 0.3) is 10.0 Å². The van der Waals surface area contributed by atoms with Crippen LogP contribution in [0.2, 0.25) is 0 Å². The molecule has 1 rings (SSSR count). The van der Waals surface area contributed by atoms with Gasteiger partial charge in [-0.1, -0.05) is 18.2 Å². The number of urea groups is 1. The van der Waals surface area contributed by atoms with Crippen LogP contribution in [0.4, 0.5) is 4.79 Å². The van der Waals surface area contributed by atoms with E-state index in [1.807, 2.05) is 0 Å². The maximum absolute atomic E-state index is 11.8. The first-order valence-electron chi connectivity index (χ1n) is 4.11. The Hall–Kier alpha value is -1.77. The van der Waals surface area contributed by atoms with Gasteiger partial charge in [-0.2, -0.15) is 14.0 Å². The number of aliphatic imine (C=N–C) groups is 1. The van der Waals surface area contributed by atoms with Gasteiger partial charge in [0.05, 0.1) is 4.90 Å². The topological polar surface area (TPSA) is 105 Å². The van der Waals surface area contributed by atoms with E-state index >= 15 is 0 Å². The zero-order chi connectivity index (χ0) is 12.2. The molecule has 86 valence electrons. The molecule has 7 nitrogen and oxygen atoms in total. The second kappa shape index (κ2) is 4.84. The van der Waals surface area contributed by atoms with Crippen molar-refractivity contribution in [2.24, 2.45) is 10.8 Å². The van der Waals surface area contributed by atoms with Gasteiger partial charge in [-0.05, 0) is 18.9 Å². The molecular weight excluding hydrogens is 232 g/mol. The maximum Gasteiger partial charge on any atom is 0.372 e. The van der Waals surface area contributed by atoms with Crippen molar-refractivity contribution < 1.29 is 13.2 Å². The summed E-state index contributed by atoms with van der Waals surface area (Å²) in [5, 5.41) is 0. The van der Waals surface area contributed by atoms with E-state index in [0.29, 0.717) is 0 Å². The summed E-state index contributed by atoms with van der Waals surface area (Å²) in [6, 6.07) is 6.24. The van der Waals surface area contributed by atoms with Crippen molar-refractivity contribution in [3.63, 3.8) is 0 Å². The number of nitrogens with two attached hydrogens (primary N) is 1. The lowest BCUT2D eigenvalue weighted by Gasteiger charge is -2.17. The van der Waals surface area contributed by atoms with Crippen molar-refractivity contribution >= 4 is 22.8 Å². The molecule has 0 fully saturated rings. The number of hydrogen-bond acceptors (Lipinski definition) is 5. The van der Waals surface area contributed by atoms with Gasteiger partial charge in [-0.3, -0.25) is 5.84 Å². The fourth-order valence-electron chi connectivity index (χ4n) is 0.990. The van der Waals surface area contributed by atoms with E-state index in [9.17, 15) is 13.2 Å². The van der Waals surface area contributed by atoms with Crippen LogP contribution in [0.15, 0.2) is 40.2 Å². The molecule has 0 aromatic heterocycles. The summed E-state index contributed by atoms with van der Waals surface area (Å²) < 4.78 is 23.9. The third-order valence-corrected chi connectivity index (χ3v) is 3.32. The summed E-state index contributed by atoms with van der Waals surface area (Å²) in [6.45, 7) is 2.94. The maximum atomic E-state index is 11.8. The van der Waals surface area contributed by atoms with E-state index in [2.05, 4.69) is 11.7 Å². The molecule has 1 aromatic rings. The average Bonchev–Trinajstić information content (AvgIpc) is 2.30. The van der Waals surface area contributed by atoms with Gasteiger partial charge < -0.3 is 0 Å². The minimum absolute atomic E-state index is 0.0787. The quantitative estimate of drug-likeness (QED) is 0.436. The molecule has 0 spiro atoms. The van der Waals surface area contributed by atoms with Crippen molar-refractivity contribution in [3.05, 3.63) is 30.3 Å². The van der Waals surface area contributed by atoms with Crippen LogP contribution in [0.25, 0.3) is 0 Å². The van der Waals surface area contributed by atoms with E-state index in [1.165, 1.54) is 24.3 Å². The van der Waals surface area contributed by atoms with Crippen LogP contribution in [-0.2, 0) is 10.0 Å². The standard InChI is InChI=1S/C8H10N4O3S/c1-10-8(13)12(11-9)16(14,15)7-5-3-2-4-6-7/h2-6,11H,1,9H2. The Morgan fingerprint density at radius 2 is 1.94 bits per heavy atom. The highest BCUT2D eigenvalue weighted by Gasteiger charge is 2.27. The average molecular weight is 242 g/mol. The molecule has 8 heteroatoms. The number of nitrogens with one attached hydrogen (secondary N) is 1. The van der Waals surface area contributed by atoms with Gasteiger partial charge in [-0.25, -0.2) is 9.79 Å². The molecule has 0 heterocycles. The zero-order valence-corrected chi connectivity index (χ0v) is 9.02. The summed E-state index contributed by atoms with van der Waals surface area (Å²) in [5.74, 6) is 4.96. The molecule has 0 aliphatic carbocycles. The predicted octanol–water partition coefficient (Wildman–Crippen LogP) is -0.124. The third kappa shape index (κ3) is 2.24. The Bertz CT molecular complexity index is 485. The van der Waals surface area contributed by atoms with Crippen molar-refractivity contribution in [2.45, 2.75) is 4.90 Å². The lowest BCUT2D eigenvalue weighted by atomic mass is 10.4. The Morgan fingerprint density at radius 1 is 1.38 bits per heavy atom. The molecule has 0 radical (unpaired) electrons. The second-order valence-corrected chi connectivity index (χ2v) is 4.44. The summed E-state index contributed by atoms with van der Waals surface area (Å²) in [6.07, 6.45) is 0. The molecule has 3 N–H and O–H groups in total. The number of amides is 2. The SMILES string of the molecule is C=NC(=O)N(NN)S(=O)(=O)c1ccccc1. The van der Waals surface area contributed by atoms with Gasteiger partial charge >= 0.3 is 6.03 Å². The molecule has 0 saturated heterocycles. The van der Waals surface area contributed by atoms with Crippen LogP contribution in [0, 0.1) is 0 Å². The Balaban J connectivity index is 3.20. The van der Waals surface area contributed by atoms with Gasteiger partial charge in [0.1, 0.15) is 0 Å². The molecule has 0 aliphatic heterocycles. The smallest absolute Gasteiger partial charge is 0.252 e. The molecule has 1 aromatic carbocycles. The minimum Gasteiger partial charge on any atom is -0.252 e. The van der Waals surface area contributed by atoms with E-state index in [0.717, 1.165) is 0 Å². The highest BCUT2D eigenvalue weighted by Crippen LogP contribution is 2.13. The summed E-state index contributed by atoms with van der Waals surface area (Å²) in [5.41, 5.74) is 1.75. The Kier molecular flexibility index (Phi) is 3.72. The number of benzene rings is 1. The van der Waals surface area contributed by atoms with Crippen molar-refractivity contribution in [3.8, 4) is 0 Å². The van der Waals surface area contributed by atoms with Gasteiger partial charge in [0, 0.05) is 0 Å². The first-order chi connectivity index (χ1) is 7.54. The van der Waals surface area contributed by atoms with E-state index < -0.39 is 16.1 Å². The number of rotatable bonds is 3. The fraction of sp³-hybridized carbons (Fsp3) is 0. The van der Waals surface area contributed by atoms with Gasteiger partial charge in [-0.15, -0.1) is 4.41 Å². The fourth-order valence-corrected chi connectivity index (χ4v) is 2.10. The summed E-state index contributed by atoms with van der Waals surface area (Å²) in [7, 11) is -4.05. The van der Waals surface area contributed by atoms with Crippen LogP contribution in [-0.4, -0.2) is 25.6 Å². The molecule has 0 atom stereocenters. The number of hydrazine groups is 2. The van der Waals surface area contributed by atoms with Crippen molar-refractivity contribution in [1.82, 2.24) is 9.95 Å². The molecule has 0 aliphatic rings. The lowest BCUT2D eigenvalue weighted by molar-refractivity contribution is 0.220. The Labute approximate surface area is 92.6 Å². The molecule has 2 amide bonds. The van der Waals surface area contributed by atoms with E-state index in [4.69, 9.17) is 5.84 Å². The van der Waals surface area contributed by atoms with Crippen LogP contribution in [0.1, 0.15) is 0 Å². The first-order valence-corrected chi connectivity index (χ1v) is 5.55. The number of carbonyl (C=O) groups excluding carboxylic acids is 1.